The van der Waals surface area contributed by atoms with Gasteiger partial charge in [0, 0.05) is 6.42 Å². The van der Waals surface area contributed by atoms with Crippen molar-refractivity contribution < 1.29 is 34.0 Å². The summed E-state index contributed by atoms with van der Waals surface area (Å²) in [6.45, 7) is 0.203. The number of hydrogen-bond donors (Lipinski definition) is 1. The third-order valence-corrected chi connectivity index (χ3v) is 2.99. The van der Waals surface area contributed by atoms with Crippen molar-refractivity contribution in [1.82, 2.24) is 0 Å². The molecular formula is C10H15NO8. The standard InChI is InChI=1S/C10H15NO8/c12-6-4-16-10-7(5-17-9(6)10)19-8(13)2-1-3-18-11(14)15/h6-7,9-10,12H,1-5H2/t6?,7-,9-,10?/m1/s1. The Hall–Kier alpha value is -1.45. The number of nitrogens with zero attached hydrogens (tertiary/aromatic N) is 1. The third kappa shape index (κ3) is 3.52. The van der Waals surface area contributed by atoms with Crippen molar-refractivity contribution in [3.8, 4) is 0 Å². The van der Waals surface area contributed by atoms with Crippen molar-refractivity contribution in [2.24, 2.45) is 0 Å². The molecule has 0 aromatic heterocycles. The number of hydrogen-bond acceptors (Lipinski definition) is 8. The smallest absolute Gasteiger partial charge is 0.306 e. The van der Waals surface area contributed by atoms with Crippen LogP contribution in [0.2, 0.25) is 0 Å². The second-order valence-electron chi connectivity index (χ2n) is 4.35. The lowest BCUT2D eigenvalue weighted by Crippen LogP contribution is -2.34. The lowest BCUT2D eigenvalue weighted by Gasteiger charge is -2.16. The summed E-state index contributed by atoms with van der Waals surface area (Å²) in [7, 11) is 0. The maximum absolute atomic E-state index is 11.5. The predicted octanol–water partition coefficient (Wildman–Crippen LogP) is -0.955. The molecule has 0 radical (unpaired) electrons. The molecule has 2 fully saturated rings. The zero-order valence-corrected chi connectivity index (χ0v) is 10.1. The molecule has 2 rings (SSSR count). The van der Waals surface area contributed by atoms with Gasteiger partial charge in [0.2, 0.25) is 0 Å². The van der Waals surface area contributed by atoms with E-state index in [1.807, 2.05) is 0 Å². The van der Waals surface area contributed by atoms with E-state index >= 15 is 0 Å². The van der Waals surface area contributed by atoms with Gasteiger partial charge in [-0.2, -0.15) is 0 Å². The minimum atomic E-state index is -0.908. The fraction of sp³-hybridized carbons (Fsp3) is 0.900. The number of carbonyl (C=O) groups excluding carboxylic acids is 1. The van der Waals surface area contributed by atoms with E-state index in [2.05, 4.69) is 4.84 Å². The number of rotatable bonds is 6. The second kappa shape index (κ2) is 6.13. The van der Waals surface area contributed by atoms with Crippen molar-refractivity contribution in [1.29, 1.82) is 0 Å². The molecule has 2 aliphatic heterocycles. The first kappa shape index (κ1) is 14.0. The second-order valence-corrected chi connectivity index (χ2v) is 4.35. The van der Waals surface area contributed by atoms with Crippen LogP contribution < -0.4 is 0 Å². The summed E-state index contributed by atoms with van der Waals surface area (Å²) in [4.78, 5) is 25.5. The molecule has 0 spiro atoms. The van der Waals surface area contributed by atoms with Crippen LogP contribution in [0.3, 0.4) is 0 Å². The highest BCUT2D eigenvalue weighted by atomic mass is 16.9. The van der Waals surface area contributed by atoms with Crippen LogP contribution in [-0.4, -0.2) is 60.4 Å². The van der Waals surface area contributed by atoms with Crippen LogP contribution in [0.15, 0.2) is 0 Å². The third-order valence-electron chi connectivity index (χ3n) is 2.99. The van der Waals surface area contributed by atoms with E-state index in [0.717, 1.165) is 0 Å². The Bertz CT molecular complexity index is 348. The van der Waals surface area contributed by atoms with E-state index in [0.29, 0.717) is 0 Å². The average molecular weight is 277 g/mol. The Morgan fingerprint density at radius 3 is 2.84 bits per heavy atom. The van der Waals surface area contributed by atoms with Crippen molar-refractivity contribution in [3.05, 3.63) is 10.1 Å². The lowest BCUT2D eigenvalue weighted by molar-refractivity contribution is -0.757. The summed E-state index contributed by atoms with van der Waals surface area (Å²) >= 11 is 0. The normalized spacial score (nSPS) is 32.9. The molecule has 2 unspecified atom stereocenters. The molecule has 0 amide bonds. The van der Waals surface area contributed by atoms with E-state index in [9.17, 15) is 20.0 Å². The number of esters is 1. The summed E-state index contributed by atoms with van der Waals surface area (Å²) < 4.78 is 15.7. The van der Waals surface area contributed by atoms with E-state index in [1.54, 1.807) is 0 Å². The van der Waals surface area contributed by atoms with E-state index in [4.69, 9.17) is 14.2 Å². The zero-order chi connectivity index (χ0) is 13.8. The molecule has 0 bridgehead atoms. The maximum Gasteiger partial charge on any atom is 0.306 e. The van der Waals surface area contributed by atoms with Crippen LogP contribution in [0.5, 0.6) is 0 Å². The van der Waals surface area contributed by atoms with E-state index in [-0.39, 0.29) is 32.7 Å². The highest BCUT2D eigenvalue weighted by Gasteiger charge is 2.48. The van der Waals surface area contributed by atoms with Gasteiger partial charge in [0.1, 0.15) is 18.3 Å². The molecular weight excluding hydrogens is 262 g/mol. The van der Waals surface area contributed by atoms with Crippen LogP contribution in [0, 0.1) is 10.1 Å². The molecule has 108 valence electrons. The number of ether oxygens (including phenoxy) is 3. The molecule has 2 saturated heterocycles. The van der Waals surface area contributed by atoms with Crippen molar-refractivity contribution in [2.45, 2.75) is 37.3 Å². The molecule has 1 N–H and O–H groups in total. The van der Waals surface area contributed by atoms with Gasteiger partial charge < -0.3 is 24.2 Å². The van der Waals surface area contributed by atoms with Gasteiger partial charge in [-0.15, -0.1) is 10.1 Å². The molecule has 9 nitrogen and oxygen atoms in total. The SMILES string of the molecule is O=C(CCCO[N+](=O)[O-])O[C@@H]1CO[C@@H]2C(O)COC21. The molecule has 2 heterocycles. The zero-order valence-electron chi connectivity index (χ0n) is 10.1. The van der Waals surface area contributed by atoms with Crippen LogP contribution in [0.4, 0.5) is 0 Å². The fourth-order valence-electron chi connectivity index (χ4n) is 2.13. The lowest BCUT2D eigenvalue weighted by atomic mass is 10.1. The molecule has 9 heteroatoms. The number of fused-ring (bicyclic) bond motifs is 1. The predicted molar refractivity (Wildman–Crippen MR) is 57.5 cm³/mol. The van der Waals surface area contributed by atoms with E-state index in [1.165, 1.54) is 0 Å². The molecule has 0 saturated carbocycles. The topological polar surface area (TPSA) is 117 Å². The Balaban J connectivity index is 1.67. The van der Waals surface area contributed by atoms with Crippen molar-refractivity contribution >= 4 is 5.97 Å². The Morgan fingerprint density at radius 1 is 1.37 bits per heavy atom. The highest BCUT2D eigenvalue weighted by molar-refractivity contribution is 5.69. The van der Waals surface area contributed by atoms with E-state index < -0.39 is 35.5 Å². The Kier molecular flexibility index (Phi) is 4.51. The fourth-order valence-corrected chi connectivity index (χ4v) is 2.13. The Labute approximate surface area is 108 Å². The minimum Gasteiger partial charge on any atom is -0.457 e. The van der Waals surface area contributed by atoms with Gasteiger partial charge in [0.15, 0.2) is 6.10 Å². The molecule has 0 aromatic carbocycles. The van der Waals surface area contributed by atoms with Gasteiger partial charge in [0.25, 0.3) is 5.09 Å². The number of aliphatic hydroxyl groups excluding tert-OH is 1. The molecule has 2 aliphatic rings. The first-order valence-corrected chi connectivity index (χ1v) is 5.96. The quantitative estimate of drug-likeness (QED) is 0.285. The average Bonchev–Trinajstić information content (AvgIpc) is 2.90. The van der Waals surface area contributed by atoms with Crippen LogP contribution in [-0.2, 0) is 23.8 Å². The summed E-state index contributed by atoms with van der Waals surface area (Å²) in [6, 6.07) is 0. The number of carbonyl (C=O) groups is 1. The molecule has 0 aliphatic carbocycles. The van der Waals surface area contributed by atoms with Gasteiger partial charge in [-0.1, -0.05) is 0 Å². The first-order chi connectivity index (χ1) is 9.08. The largest absolute Gasteiger partial charge is 0.457 e. The maximum atomic E-state index is 11.5. The summed E-state index contributed by atoms with van der Waals surface area (Å²) in [5.41, 5.74) is 0. The summed E-state index contributed by atoms with van der Waals surface area (Å²) in [5, 5.41) is 18.5. The first-order valence-electron chi connectivity index (χ1n) is 5.96. The monoisotopic (exact) mass is 277 g/mol. The summed E-state index contributed by atoms with van der Waals surface area (Å²) in [6.07, 6.45) is -1.90. The Morgan fingerprint density at radius 2 is 2.11 bits per heavy atom. The van der Waals surface area contributed by atoms with Gasteiger partial charge in [-0.3, -0.25) is 4.79 Å². The highest BCUT2D eigenvalue weighted by Crippen LogP contribution is 2.28. The van der Waals surface area contributed by atoms with Crippen LogP contribution in [0.25, 0.3) is 0 Å². The molecule has 4 atom stereocenters. The van der Waals surface area contributed by atoms with Gasteiger partial charge in [-0.25, -0.2) is 0 Å². The van der Waals surface area contributed by atoms with Gasteiger partial charge >= 0.3 is 5.97 Å². The molecule has 0 aromatic rings. The number of aliphatic hydroxyl groups is 1. The molecule has 19 heavy (non-hydrogen) atoms. The van der Waals surface area contributed by atoms with Gasteiger partial charge in [-0.05, 0) is 6.42 Å². The van der Waals surface area contributed by atoms with Crippen molar-refractivity contribution in [2.75, 3.05) is 19.8 Å². The van der Waals surface area contributed by atoms with Crippen LogP contribution in [0.1, 0.15) is 12.8 Å². The minimum absolute atomic E-state index is 0.0181. The van der Waals surface area contributed by atoms with Gasteiger partial charge in [0.05, 0.1) is 19.8 Å². The summed E-state index contributed by atoms with van der Waals surface area (Å²) in [5.74, 6) is -0.494. The van der Waals surface area contributed by atoms with Crippen LogP contribution >= 0.6 is 0 Å². The van der Waals surface area contributed by atoms with Crippen molar-refractivity contribution in [3.63, 3.8) is 0 Å².